The van der Waals surface area contributed by atoms with E-state index in [2.05, 4.69) is 27.8 Å². The number of nitrogens with two attached hydrogens (primary N) is 1. The molecule has 1 saturated carbocycles. The van der Waals surface area contributed by atoms with E-state index in [1.54, 1.807) is 0 Å². The van der Waals surface area contributed by atoms with E-state index in [-0.39, 0.29) is 0 Å². The van der Waals surface area contributed by atoms with E-state index in [0.717, 1.165) is 32.0 Å². The standard InChI is InChI=1S/C26H57N5/c1-2-28-21-14-24-31(23-12-17-27)22-11-7-3-6-10-18-29-19-13-20-30-25-26-15-8-4-5-9-16-26/h26,28-30H,2-25,27H2,1H3. The molecule has 1 rings (SSSR count). The molecule has 186 valence electrons. The fourth-order valence-corrected chi connectivity index (χ4v) is 4.71. The van der Waals surface area contributed by atoms with Gasteiger partial charge in [0.15, 0.2) is 0 Å². The third kappa shape index (κ3) is 19.0. The second kappa shape index (κ2) is 23.0. The minimum atomic E-state index is 0.813. The fraction of sp³-hybridized carbons (Fsp3) is 1.00. The highest BCUT2D eigenvalue weighted by Crippen LogP contribution is 2.21. The van der Waals surface area contributed by atoms with Gasteiger partial charge in [0, 0.05) is 0 Å². The highest BCUT2D eigenvalue weighted by molar-refractivity contribution is 4.67. The monoisotopic (exact) mass is 439 g/mol. The van der Waals surface area contributed by atoms with Crippen LogP contribution in [-0.4, -0.2) is 70.3 Å². The maximum absolute atomic E-state index is 5.71. The van der Waals surface area contributed by atoms with Gasteiger partial charge < -0.3 is 26.6 Å². The lowest BCUT2D eigenvalue weighted by Gasteiger charge is -2.22. The Morgan fingerprint density at radius 3 is 2.03 bits per heavy atom. The van der Waals surface area contributed by atoms with Gasteiger partial charge in [-0.1, -0.05) is 51.9 Å². The topological polar surface area (TPSA) is 65.3 Å². The van der Waals surface area contributed by atoms with E-state index >= 15 is 0 Å². The first kappa shape index (κ1) is 28.8. The van der Waals surface area contributed by atoms with Gasteiger partial charge in [-0.15, -0.1) is 0 Å². The van der Waals surface area contributed by atoms with Crippen LogP contribution in [0.5, 0.6) is 0 Å². The normalized spacial score (nSPS) is 15.6. The van der Waals surface area contributed by atoms with E-state index in [4.69, 9.17) is 5.73 Å². The summed E-state index contributed by atoms with van der Waals surface area (Å²) in [6, 6.07) is 0. The zero-order valence-corrected chi connectivity index (χ0v) is 21.1. The van der Waals surface area contributed by atoms with Crippen LogP contribution in [0.4, 0.5) is 0 Å². The molecular formula is C26H57N5. The van der Waals surface area contributed by atoms with Gasteiger partial charge >= 0.3 is 0 Å². The molecule has 5 heteroatoms. The molecule has 0 aromatic carbocycles. The van der Waals surface area contributed by atoms with Crippen LogP contribution in [-0.2, 0) is 0 Å². The van der Waals surface area contributed by atoms with Crippen LogP contribution < -0.4 is 21.7 Å². The Kier molecular flexibility index (Phi) is 21.4. The Bertz CT molecular complexity index is 345. The molecule has 0 aromatic rings. The Morgan fingerprint density at radius 2 is 1.26 bits per heavy atom. The number of unbranched alkanes of at least 4 members (excludes halogenated alkanes) is 4. The minimum absolute atomic E-state index is 0.813. The van der Waals surface area contributed by atoms with Crippen LogP contribution >= 0.6 is 0 Å². The van der Waals surface area contributed by atoms with Crippen LogP contribution in [0.25, 0.3) is 0 Å². The molecule has 0 unspecified atom stereocenters. The summed E-state index contributed by atoms with van der Waals surface area (Å²) in [5.74, 6) is 0.946. The van der Waals surface area contributed by atoms with Gasteiger partial charge in [-0.3, -0.25) is 0 Å². The molecule has 5 nitrogen and oxygen atoms in total. The molecule has 0 aromatic heterocycles. The van der Waals surface area contributed by atoms with Crippen LogP contribution in [0.3, 0.4) is 0 Å². The highest BCUT2D eigenvalue weighted by Gasteiger charge is 2.11. The quantitative estimate of drug-likeness (QED) is 0.151. The summed E-state index contributed by atoms with van der Waals surface area (Å²) in [6.07, 6.45) is 19.2. The van der Waals surface area contributed by atoms with Gasteiger partial charge in [0.25, 0.3) is 0 Å². The largest absolute Gasteiger partial charge is 0.330 e. The first-order valence-corrected chi connectivity index (χ1v) is 13.9. The van der Waals surface area contributed by atoms with E-state index in [1.807, 2.05) is 0 Å². The second-order valence-corrected chi connectivity index (χ2v) is 9.62. The van der Waals surface area contributed by atoms with Crippen molar-refractivity contribution >= 4 is 0 Å². The smallest absolute Gasteiger partial charge is 0.000663 e. The van der Waals surface area contributed by atoms with Crippen molar-refractivity contribution in [3.63, 3.8) is 0 Å². The summed E-state index contributed by atoms with van der Waals surface area (Å²) in [7, 11) is 0. The molecule has 0 amide bonds. The lowest BCUT2D eigenvalue weighted by molar-refractivity contribution is 0.261. The van der Waals surface area contributed by atoms with Crippen molar-refractivity contribution in [3.05, 3.63) is 0 Å². The first-order chi connectivity index (χ1) is 15.4. The molecule has 0 aliphatic heterocycles. The number of nitrogens with one attached hydrogen (secondary N) is 3. The molecular weight excluding hydrogens is 382 g/mol. The summed E-state index contributed by atoms with van der Waals surface area (Å²) in [6.45, 7) is 13.6. The number of hydrogen-bond acceptors (Lipinski definition) is 5. The van der Waals surface area contributed by atoms with Gasteiger partial charge in [-0.05, 0) is 116 Å². The van der Waals surface area contributed by atoms with Crippen molar-refractivity contribution in [1.29, 1.82) is 0 Å². The summed E-state index contributed by atoms with van der Waals surface area (Å²) < 4.78 is 0. The lowest BCUT2D eigenvalue weighted by atomic mass is 10.0. The molecule has 0 heterocycles. The SMILES string of the molecule is CCNCCCN(CCCN)CCCCCCCNCCCNCC1CCCCCC1. The molecule has 1 aliphatic carbocycles. The van der Waals surface area contributed by atoms with Crippen LogP contribution in [0, 0.1) is 5.92 Å². The van der Waals surface area contributed by atoms with Crippen molar-refractivity contribution in [1.82, 2.24) is 20.9 Å². The molecule has 5 N–H and O–H groups in total. The van der Waals surface area contributed by atoms with Crippen molar-refractivity contribution < 1.29 is 0 Å². The van der Waals surface area contributed by atoms with Gasteiger partial charge in [0.1, 0.15) is 0 Å². The molecule has 0 atom stereocenters. The maximum Gasteiger partial charge on any atom is -0.000663 e. The summed E-state index contributed by atoms with van der Waals surface area (Å²) in [4.78, 5) is 2.62. The zero-order valence-electron chi connectivity index (χ0n) is 21.1. The van der Waals surface area contributed by atoms with Crippen molar-refractivity contribution in [3.8, 4) is 0 Å². The molecule has 0 saturated heterocycles. The summed E-state index contributed by atoms with van der Waals surface area (Å²) >= 11 is 0. The summed E-state index contributed by atoms with van der Waals surface area (Å²) in [5, 5.41) is 10.8. The molecule has 0 radical (unpaired) electrons. The number of hydrogen-bond donors (Lipinski definition) is 4. The molecule has 31 heavy (non-hydrogen) atoms. The average molecular weight is 440 g/mol. The highest BCUT2D eigenvalue weighted by atomic mass is 15.1. The van der Waals surface area contributed by atoms with E-state index in [9.17, 15) is 0 Å². The Hall–Kier alpha value is -0.200. The second-order valence-electron chi connectivity index (χ2n) is 9.62. The maximum atomic E-state index is 5.71. The fourth-order valence-electron chi connectivity index (χ4n) is 4.71. The number of rotatable bonds is 22. The molecule has 1 fully saturated rings. The third-order valence-corrected chi connectivity index (χ3v) is 6.70. The van der Waals surface area contributed by atoms with E-state index in [0.29, 0.717) is 0 Å². The average Bonchev–Trinajstić information content (AvgIpc) is 3.06. The Balaban J connectivity index is 1.83. The molecule has 0 bridgehead atoms. The van der Waals surface area contributed by atoms with Crippen LogP contribution in [0.1, 0.15) is 96.8 Å². The van der Waals surface area contributed by atoms with Gasteiger partial charge in [-0.25, -0.2) is 0 Å². The molecule has 0 spiro atoms. The van der Waals surface area contributed by atoms with Gasteiger partial charge in [0.2, 0.25) is 0 Å². The van der Waals surface area contributed by atoms with Crippen molar-refractivity contribution in [2.24, 2.45) is 11.7 Å². The van der Waals surface area contributed by atoms with Crippen LogP contribution in [0.2, 0.25) is 0 Å². The van der Waals surface area contributed by atoms with E-state index in [1.165, 1.54) is 129 Å². The minimum Gasteiger partial charge on any atom is -0.330 e. The Labute approximate surface area is 195 Å². The first-order valence-electron chi connectivity index (χ1n) is 13.9. The van der Waals surface area contributed by atoms with Crippen molar-refractivity contribution in [2.75, 3.05) is 65.4 Å². The number of nitrogens with zero attached hydrogens (tertiary/aromatic N) is 1. The van der Waals surface area contributed by atoms with Crippen molar-refractivity contribution in [2.45, 2.75) is 96.8 Å². The van der Waals surface area contributed by atoms with E-state index < -0.39 is 0 Å². The third-order valence-electron chi connectivity index (χ3n) is 6.70. The predicted molar refractivity (Wildman–Crippen MR) is 138 cm³/mol. The lowest BCUT2D eigenvalue weighted by Crippen LogP contribution is -2.30. The Morgan fingerprint density at radius 1 is 0.645 bits per heavy atom. The van der Waals surface area contributed by atoms with Gasteiger partial charge in [0.05, 0.1) is 0 Å². The predicted octanol–water partition coefficient (Wildman–Crippen LogP) is 4.13. The summed E-state index contributed by atoms with van der Waals surface area (Å²) in [5.41, 5.74) is 5.71. The molecule has 1 aliphatic rings. The van der Waals surface area contributed by atoms with Crippen LogP contribution in [0.15, 0.2) is 0 Å². The zero-order chi connectivity index (χ0) is 22.2. The van der Waals surface area contributed by atoms with Gasteiger partial charge in [-0.2, -0.15) is 0 Å².